The smallest absolute Gasteiger partial charge is 0.410 e. The zero-order valence-electron chi connectivity index (χ0n) is 16.7. The van der Waals surface area contributed by atoms with Crippen molar-refractivity contribution in [2.75, 3.05) is 38.5 Å². The molecule has 148 valence electrons. The van der Waals surface area contributed by atoms with Gasteiger partial charge in [0.05, 0.1) is 0 Å². The van der Waals surface area contributed by atoms with Gasteiger partial charge in [0.15, 0.2) is 0 Å². The van der Waals surface area contributed by atoms with Gasteiger partial charge in [0.2, 0.25) is 5.16 Å². The molecule has 0 aromatic carbocycles. The molecule has 1 saturated heterocycles. The summed E-state index contributed by atoms with van der Waals surface area (Å²) < 4.78 is 7.22. The molecule has 1 aliphatic rings. The van der Waals surface area contributed by atoms with Crippen molar-refractivity contribution in [3.8, 4) is 0 Å². The first-order chi connectivity index (χ1) is 12.7. The molecule has 0 aliphatic carbocycles. The third-order valence-electron chi connectivity index (χ3n) is 4.26. The van der Waals surface area contributed by atoms with Crippen LogP contribution in [0, 0.1) is 13.8 Å². The Morgan fingerprint density at radius 1 is 1.19 bits per heavy atom. The molecule has 0 spiro atoms. The number of hydrogen-bond donors (Lipinski definition) is 0. The highest BCUT2D eigenvalue weighted by atomic mass is 32.2. The topological polar surface area (TPSA) is 75.9 Å². The van der Waals surface area contributed by atoms with Crippen LogP contribution in [0.1, 0.15) is 32.2 Å². The van der Waals surface area contributed by atoms with Gasteiger partial charge < -0.3 is 9.64 Å². The Balaban J connectivity index is 1.44. The van der Waals surface area contributed by atoms with Gasteiger partial charge in [-0.3, -0.25) is 4.90 Å². The number of amides is 1. The van der Waals surface area contributed by atoms with Crippen molar-refractivity contribution in [1.82, 2.24) is 29.4 Å². The summed E-state index contributed by atoms with van der Waals surface area (Å²) in [6, 6.07) is 2.00. The van der Waals surface area contributed by atoms with Crippen LogP contribution in [0.5, 0.6) is 0 Å². The van der Waals surface area contributed by atoms with Crippen LogP contribution in [0.2, 0.25) is 0 Å². The van der Waals surface area contributed by atoms with E-state index in [1.54, 1.807) is 21.2 Å². The monoisotopic (exact) mass is 392 g/mol. The molecule has 0 saturated carbocycles. The van der Waals surface area contributed by atoms with E-state index >= 15 is 0 Å². The van der Waals surface area contributed by atoms with Crippen LogP contribution >= 0.6 is 11.8 Å². The molecular weight excluding hydrogens is 364 g/mol. The number of piperazine rings is 1. The minimum atomic E-state index is -0.447. The predicted molar refractivity (Wildman–Crippen MR) is 105 cm³/mol. The number of fused-ring (bicyclic) bond motifs is 1. The predicted octanol–water partition coefficient (Wildman–Crippen LogP) is 2.39. The number of aryl methyl sites for hydroxylation is 2. The quantitative estimate of drug-likeness (QED) is 0.740. The molecule has 2 aromatic heterocycles. The van der Waals surface area contributed by atoms with Crippen molar-refractivity contribution < 1.29 is 9.53 Å². The fraction of sp³-hybridized carbons (Fsp3) is 0.667. The van der Waals surface area contributed by atoms with Crippen LogP contribution in [0.15, 0.2) is 11.2 Å². The van der Waals surface area contributed by atoms with Crippen LogP contribution in [0.3, 0.4) is 0 Å². The zero-order valence-corrected chi connectivity index (χ0v) is 17.5. The summed E-state index contributed by atoms with van der Waals surface area (Å²) in [5, 5.41) is 5.28. The van der Waals surface area contributed by atoms with E-state index in [1.165, 1.54) is 0 Å². The van der Waals surface area contributed by atoms with Gasteiger partial charge in [0.25, 0.3) is 5.78 Å². The number of carbonyl (C=O) groups is 1. The Kier molecular flexibility index (Phi) is 5.90. The van der Waals surface area contributed by atoms with Crippen LogP contribution in [0.25, 0.3) is 5.78 Å². The van der Waals surface area contributed by atoms with E-state index in [0.29, 0.717) is 18.9 Å². The van der Waals surface area contributed by atoms with E-state index in [2.05, 4.69) is 20.0 Å². The van der Waals surface area contributed by atoms with Gasteiger partial charge in [-0.2, -0.15) is 4.98 Å². The van der Waals surface area contributed by atoms with Gasteiger partial charge in [-0.05, 0) is 40.7 Å². The van der Waals surface area contributed by atoms with Crippen molar-refractivity contribution in [2.45, 2.75) is 45.4 Å². The highest BCUT2D eigenvalue weighted by Crippen LogP contribution is 2.16. The SMILES string of the molecule is Cc1cc(C)n2nc(SCCN3CCN(C(=O)OC(C)(C)C)CC3)nc2n1. The summed E-state index contributed by atoms with van der Waals surface area (Å²) in [4.78, 5) is 25.2. The largest absolute Gasteiger partial charge is 0.444 e. The second-order valence-corrected chi connectivity index (χ2v) is 8.86. The first-order valence-electron chi connectivity index (χ1n) is 9.25. The lowest BCUT2D eigenvalue weighted by molar-refractivity contribution is 0.0150. The number of hydrogen-bond acceptors (Lipinski definition) is 7. The molecule has 0 bridgehead atoms. The third kappa shape index (κ3) is 5.32. The number of ether oxygens (including phenoxy) is 1. The number of rotatable bonds is 4. The van der Waals surface area contributed by atoms with Crippen molar-refractivity contribution in [2.24, 2.45) is 0 Å². The van der Waals surface area contributed by atoms with Gasteiger partial charge >= 0.3 is 6.09 Å². The third-order valence-corrected chi connectivity index (χ3v) is 5.08. The summed E-state index contributed by atoms with van der Waals surface area (Å²) in [5.41, 5.74) is 1.54. The molecule has 3 rings (SSSR count). The molecule has 1 aliphatic heterocycles. The highest BCUT2D eigenvalue weighted by molar-refractivity contribution is 7.99. The van der Waals surface area contributed by atoms with Crippen LogP contribution < -0.4 is 0 Å². The normalized spacial score (nSPS) is 16.1. The molecular formula is C18H28N6O2S. The van der Waals surface area contributed by atoms with E-state index in [4.69, 9.17) is 4.74 Å². The summed E-state index contributed by atoms with van der Waals surface area (Å²) in [7, 11) is 0. The Morgan fingerprint density at radius 2 is 1.89 bits per heavy atom. The number of carbonyl (C=O) groups excluding carboxylic acids is 1. The molecule has 3 heterocycles. The van der Waals surface area contributed by atoms with Crippen LogP contribution in [-0.4, -0.2) is 79.6 Å². The van der Waals surface area contributed by atoms with E-state index < -0.39 is 5.60 Å². The van der Waals surface area contributed by atoms with Crippen molar-refractivity contribution >= 4 is 23.6 Å². The molecule has 1 amide bonds. The average Bonchev–Trinajstić information content (AvgIpc) is 2.97. The van der Waals surface area contributed by atoms with Gasteiger partial charge in [-0.1, -0.05) is 11.8 Å². The Labute approximate surface area is 164 Å². The molecule has 2 aromatic rings. The second kappa shape index (κ2) is 8.02. The fourth-order valence-electron chi connectivity index (χ4n) is 2.96. The molecule has 0 radical (unpaired) electrons. The molecule has 0 unspecified atom stereocenters. The average molecular weight is 393 g/mol. The van der Waals surface area contributed by atoms with Crippen molar-refractivity contribution in [1.29, 1.82) is 0 Å². The van der Waals surface area contributed by atoms with Gasteiger partial charge in [-0.25, -0.2) is 14.3 Å². The first-order valence-corrected chi connectivity index (χ1v) is 10.2. The number of thioether (sulfide) groups is 1. The Morgan fingerprint density at radius 3 is 2.56 bits per heavy atom. The van der Waals surface area contributed by atoms with Crippen molar-refractivity contribution in [3.05, 3.63) is 17.5 Å². The maximum absolute atomic E-state index is 12.1. The molecule has 0 atom stereocenters. The van der Waals surface area contributed by atoms with Crippen LogP contribution in [0.4, 0.5) is 4.79 Å². The summed E-state index contributed by atoms with van der Waals surface area (Å²) in [6.07, 6.45) is -0.219. The van der Waals surface area contributed by atoms with Gasteiger partial charge in [0.1, 0.15) is 5.60 Å². The first kappa shape index (κ1) is 19.9. The lowest BCUT2D eigenvalue weighted by Crippen LogP contribution is -2.50. The molecule has 27 heavy (non-hydrogen) atoms. The van der Waals surface area contributed by atoms with E-state index in [0.717, 1.165) is 41.9 Å². The Hall–Kier alpha value is -1.87. The summed E-state index contributed by atoms with van der Waals surface area (Å²) >= 11 is 1.64. The lowest BCUT2D eigenvalue weighted by Gasteiger charge is -2.35. The second-order valence-electron chi connectivity index (χ2n) is 7.80. The molecule has 1 fully saturated rings. The maximum atomic E-state index is 12.1. The van der Waals surface area contributed by atoms with E-state index in [1.807, 2.05) is 40.7 Å². The zero-order chi connectivity index (χ0) is 19.6. The number of nitrogens with zero attached hydrogens (tertiary/aromatic N) is 6. The molecule has 8 nitrogen and oxygen atoms in total. The minimum Gasteiger partial charge on any atom is -0.444 e. The Bertz CT molecular complexity index is 808. The maximum Gasteiger partial charge on any atom is 0.410 e. The standard InChI is InChI=1S/C18H28N6O2S/c1-13-12-14(2)24-15(19-13)20-16(21-24)27-11-10-22-6-8-23(9-7-22)17(25)26-18(3,4)5/h12H,6-11H2,1-5H3. The van der Waals surface area contributed by atoms with E-state index in [-0.39, 0.29) is 6.09 Å². The highest BCUT2D eigenvalue weighted by Gasteiger charge is 2.25. The van der Waals surface area contributed by atoms with Crippen molar-refractivity contribution in [3.63, 3.8) is 0 Å². The van der Waals surface area contributed by atoms with Gasteiger partial charge in [0, 0.05) is 49.9 Å². The fourth-order valence-corrected chi connectivity index (χ4v) is 3.77. The minimum absolute atomic E-state index is 0.219. The number of aromatic nitrogens is 4. The van der Waals surface area contributed by atoms with Gasteiger partial charge in [-0.15, -0.1) is 5.10 Å². The summed E-state index contributed by atoms with van der Waals surface area (Å²) in [5.74, 6) is 1.56. The van der Waals surface area contributed by atoms with E-state index in [9.17, 15) is 4.79 Å². The molecule has 0 N–H and O–H groups in total. The summed E-state index contributed by atoms with van der Waals surface area (Å²) in [6.45, 7) is 13.7. The van der Waals surface area contributed by atoms with Crippen LogP contribution in [-0.2, 0) is 4.74 Å². The lowest BCUT2D eigenvalue weighted by atomic mass is 10.2. The molecule has 9 heteroatoms.